The van der Waals surface area contributed by atoms with Gasteiger partial charge in [0, 0.05) is 38.4 Å². The Morgan fingerprint density at radius 2 is 1.06 bits per heavy atom. The number of amidine groups is 1. The number of benzene rings is 7. The SMILES string of the molecule is C=C(N=C(N=C(C)c1ccccc1)c1cccc(-c2cccc3c2oc2c(-n4c5ccccc5c5ccccc54)cccc23)c1)c1ccccc1. The second-order valence-corrected chi connectivity index (χ2v) is 12.7. The average Bonchev–Trinajstić information content (AvgIpc) is 3.74. The molecular formula is C47H33N3O. The summed E-state index contributed by atoms with van der Waals surface area (Å²) in [5, 5.41) is 4.58. The molecule has 0 aliphatic heterocycles. The van der Waals surface area contributed by atoms with Crippen LogP contribution in [-0.2, 0) is 0 Å². The van der Waals surface area contributed by atoms with Crippen LogP contribution in [0.2, 0.25) is 0 Å². The third-order valence-corrected chi connectivity index (χ3v) is 9.57. The van der Waals surface area contributed by atoms with Crippen LogP contribution in [0.4, 0.5) is 0 Å². The summed E-state index contributed by atoms with van der Waals surface area (Å²) in [7, 11) is 0. The Kier molecular flexibility index (Phi) is 7.48. The summed E-state index contributed by atoms with van der Waals surface area (Å²) >= 11 is 0. The van der Waals surface area contributed by atoms with Crippen LogP contribution >= 0.6 is 0 Å². The topological polar surface area (TPSA) is 42.8 Å². The highest BCUT2D eigenvalue weighted by Crippen LogP contribution is 2.40. The number of aliphatic imine (C=N–C) groups is 2. The molecule has 242 valence electrons. The van der Waals surface area contributed by atoms with Crippen molar-refractivity contribution < 1.29 is 4.42 Å². The zero-order chi connectivity index (χ0) is 34.3. The number of hydrogen-bond acceptors (Lipinski definition) is 2. The molecular weight excluding hydrogens is 623 g/mol. The number of hydrogen-bond donors (Lipinski definition) is 0. The van der Waals surface area contributed by atoms with E-state index in [1.54, 1.807) is 0 Å². The van der Waals surface area contributed by atoms with Crippen LogP contribution in [0.15, 0.2) is 191 Å². The van der Waals surface area contributed by atoms with Gasteiger partial charge in [-0.1, -0.05) is 152 Å². The van der Waals surface area contributed by atoms with Crippen LogP contribution in [0.1, 0.15) is 23.6 Å². The molecule has 7 aromatic carbocycles. The molecule has 2 heterocycles. The van der Waals surface area contributed by atoms with Gasteiger partial charge in [-0.05, 0) is 47.9 Å². The molecule has 0 fully saturated rings. The van der Waals surface area contributed by atoms with Crippen molar-refractivity contribution in [2.45, 2.75) is 6.92 Å². The summed E-state index contributed by atoms with van der Waals surface area (Å²) in [5.41, 5.74) is 11.4. The van der Waals surface area contributed by atoms with E-state index in [9.17, 15) is 0 Å². The van der Waals surface area contributed by atoms with Gasteiger partial charge in [-0.2, -0.15) is 0 Å². The minimum absolute atomic E-state index is 0.595. The molecule has 0 amide bonds. The Labute approximate surface area is 296 Å². The van der Waals surface area contributed by atoms with Crippen molar-refractivity contribution in [2.75, 3.05) is 0 Å². The molecule has 0 radical (unpaired) electrons. The van der Waals surface area contributed by atoms with Gasteiger partial charge in [-0.3, -0.25) is 0 Å². The van der Waals surface area contributed by atoms with Crippen LogP contribution < -0.4 is 0 Å². The molecule has 0 saturated carbocycles. The maximum Gasteiger partial charge on any atom is 0.160 e. The lowest BCUT2D eigenvalue weighted by atomic mass is 10.00. The minimum atomic E-state index is 0.595. The predicted molar refractivity (Wildman–Crippen MR) is 214 cm³/mol. The normalized spacial score (nSPS) is 12.3. The molecule has 0 aliphatic carbocycles. The monoisotopic (exact) mass is 655 g/mol. The quantitative estimate of drug-likeness (QED) is 0.130. The van der Waals surface area contributed by atoms with E-state index in [0.29, 0.717) is 11.5 Å². The van der Waals surface area contributed by atoms with Crippen molar-refractivity contribution in [1.82, 2.24) is 4.57 Å². The smallest absolute Gasteiger partial charge is 0.160 e. The molecule has 0 unspecified atom stereocenters. The van der Waals surface area contributed by atoms with Crippen molar-refractivity contribution >= 4 is 61.0 Å². The van der Waals surface area contributed by atoms with Crippen LogP contribution in [-0.4, -0.2) is 16.1 Å². The van der Waals surface area contributed by atoms with Gasteiger partial charge in [-0.15, -0.1) is 0 Å². The van der Waals surface area contributed by atoms with Crippen molar-refractivity contribution in [1.29, 1.82) is 0 Å². The second-order valence-electron chi connectivity index (χ2n) is 12.7. The summed E-state index contributed by atoms with van der Waals surface area (Å²) in [6.07, 6.45) is 0. The van der Waals surface area contributed by atoms with E-state index < -0.39 is 0 Å². The lowest BCUT2D eigenvalue weighted by Crippen LogP contribution is -2.04. The summed E-state index contributed by atoms with van der Waals surface area (Å²) in [5.74, 6) is 0.595. The number of furan rings is 1. The lowest BCUT2D eigenvalue weighted by molar-refractivity contribution is 0.667. The highest BCUT2D eigenvalue weighted by molar-refractivity contribution is 6.16. The molecule has 9 aromatic rings. The van der Waals surface area contributed by atoms with Crippen LogP contribution in [0.5, 0.6) is 0 Å². The van der Waals surface area contributed by atoms with Crippen molar-refractivity contribution in [3.63, 3.8) is 0 Å². The maximum absolute atomic E-state index is 6.94. The van der Waals surface area contributed by atoms with Gasteiger partial charge in [0.25, 0.3) is 0 Å². The van der Waals surface area contributed by atoms with E-state index in [4.69, 9.17) is 14.4 Å². The van der Waals surface area contributed by atoms with Crippen LogP contribution in [0, 0.1) is 0 Å². The first-order valence-corrected chi connectivity index (χ1v) is 17.1. The molecule has 0 aliphatic rings. The van der Waals surface area contributed by atoms with E-state index in [1.807, 2.05) is 55.5 Å². The van der Waals surface area contributed by atoms with Crippen molar-refractivity contribution in [3.8, 4) is 16.8 Å². The second kappa shape index (κ2) is 12.6. The zero-order valence-electron chi connectivity index (χ0n) is 28.1. The molecule has 0 bridgehead atoms. The van der Waals surface area contributed by atoms with E-state index >= 15 is 0 Å². The molecule has 9 rings (SSSR count). The summed E-state index contributed by atoms with van der Waals surface area (Å²) in [6.45, 7) is 6.33. The molecule has 0 atom stereocenters. The van der Waals surface area contributed by atoms with E-state index in [0.717, 1.165) is 72.2 Å². The summed E-state index contributed by atoms with van der Waals surface area (Å²) < 4.78 is 9.27. The van der Waals surface area contributed by atoms with E-state index in [1.165, 1.54) is 10.8 Å². The fourth-order valence-corrected chi connectivity index (χ4v) is 7.10. The first-order chi connectivity index (χ1) is 25.1. The number of rotatable bonds is 6. The van der Waals surface area contributed by atoms with Crippen molar-refractivity contribution in [2.24, 2.45) is 9.98 Å². The lowest BCUT2D eigenvalue weighted by Gasteiger charge is -2.10. The Balaban J connectivity index is 1.21. The zero-order valence-corrected chi connectivity index (χ0v) is 28.1. The van der Waals surface area contributed by atoms with Crippen LogP contribution in [0.25, 0.3) is 66.3 Å². The van der Waals surface area contributed by atoms with Gasteiger partial charge < -0.3 is 8.98 Å². The minimum Gasteiger partial charge on any atom is -0.453 e. The number of fused-ring (bicyclic) bond motifs is 6. The van der Waals surface area contributed by atoms with E-state index in [-0.39, 0.29) is 0 Å². The highest BCUT2D eigenvalue weighted by Gasteiger charge is 2.19. The Morgan fingerprint density at radius 1 is 0.510 bits per heavy atom. The third kappa shape index (κ3) is 5.34. The number of nitrogens with zero attached hydrogens (tertiary/aromatic N) is 3. The fourth-order valence-electron chi connectivity index (χ4n) is 7.10. The van der Waals surface area contributed by atoms with E-state index in [2.05, 4.69) is 132 Å². The van der Waals surface area contributed by atoms with Gasteiger partial charge in [0.1, 0.15) is 5.58 Å². The third-order valence-electron chi connectivity index (χ3n) is 9.57. The molecule has 0 spiro atoms. The van der Waals surface area contributed by atoms with Gasteiger partial charge in [-0.25, -0.2) is 9.98 Å². The molecule has 51 heavy (non-hydrogen) atoms. The maximum atomic E-state index is 6.94. The molecule has 0 N–H and O–H groups in total. The Bertz CT molecular complexity index is 2770. The Hall–Kier alpha value is -6.78. The highest BCUT2D eigenvalue weighted by atomic mass is 16.3. The predicted octanol–water partition coefficient (Wildman–Crippen LogP) is 12.3. The van der Waals surface area contributed by atoms with Gasteiger partial charge in [0.2, 0.25) is 0 Å². The van der Waals surface area contributed by atoms with Gasteiger partial charge in [0.05, 0.1) is 22.4 Å². The van der Waals surface area contributed by atoms with Crippen molar-refractivity contribution in [3.05, 3.63) is 193 Å². The summed E-state index contributed by atoms with van der Waals surface area (Å²) in [6, 6.07) is 58.5. The Morgan fingerprint density at radius 3 is 1.76 bits per heavy atom. The molecule has 4 heteroatoms. The first kappa shape index (κ1) is 30.3. The average molecular weight is 656 g/mol. The fraction of sp³-hybridized carbons (Fsp3) is 0.0213. The first-order valence-electron chi connectivity index (χ1n) is 17.1. The largest absolute Gasteiger partial charge is 0.453 e. The number of para-hydroxylation sites is 4. The molecule has 0 saturated heterocycles. The summed E-state index contributed by atoms with van der Waals surface area (Å²) in [4.78, 5) is 10.1. The molecule has 4 nitrogen and oxygen atoms in total. The van der Waals surface area contributed by atoms with Gasteiger partial charge >= 0.3 is 0 Å². The molecule has 2 aromatic heterocycles. The van der Waals surface area contributed by atoms with Crippen LogP contribution in [0.3, 0.4) is 0 Å². The number of aromatic nitrogens is 1. The van der Waals surface area contributed by atoms with Gasteiger partial charge in [0.15, 0.2) is 11.4 Å². The standard InChI is InChI=1S/C47H33N3O/c1-31(33-16-5-3-6-17-33)48-47(49-32(2)34-18-7-4-8-19-34)36-21-13-20-35(30-36)37-24-14-25-40-41-26-15-29-44(46(41)51-45(37)40)50-42-27-11-9-22-38(42)39-23-10-12-28-43(39)50/h3-30H,1H2,2H3.